The molecule has 0 radical (unpaired) electrons. The summed E-state index contributed by atoms with van der Waals surface area (Å²) in [5.74, 6) is -0.218. The summed E-state index contributed by atoms with van der Waals surface area (Å²) in [7, 11) is 0. The number of benzene rings is 2. The highest BCUT2D eigenvalue weighted by atomic mass is 32.1. The predicted octanol–water partition coefficient (Wildman–Crippen LogP) is 5.36. The molecule has 10 nitrogen and oxygen atoms in total. The van der Waals surface area contributed by atoms with Gasteiger partial charge in [-0.1, -0.05) is 0 Å². The van der Waals surface area contributed by atoms with Crippen molar-refractivity contribution in [3.05, 3.63) is 84.3 Å². The van der Waals surface area contributed by atoms with Gasteiger partial charge in [0.05, 0.1) is 33.6 Å². The number of nitro groups is 2. The van der Waals surface area contributed by atoms with E-state index in [1.807, 2.05) is 0 Å². The Balaban J connectivity index is 1.51. The first kappa shape index (κ1) is 21.9. The van der Waals surface area contributed by atoms with Crippen molar-refractivity contribution in [2.75, 3.05) is 5.32 Å². The largest absolute Gasteiger partial charge is 0.457 e. The molecule has 0 saturated carbocycles. The fraction of sp³-hybridized carbons (Fsp3) is 0.182. The number of nitriles is 1. The zero-order chi connectivity index (χ0) is 23.5. The van der Waals surface area contributed by atoms with Gasteiger partial charge in [-0.05, 0) is 55.5 Å². The predicted molar refractivity (Wildman–Crippen MR) is 120 cm³/mol. The second-order valence-corrected chi connectivity index (χ2v) is 8.41. The molecule has 1 aromatic heterocycles. The van der Waals surface area contributed by atoms with Gasteiger partial charge in [0.1, 0.15) is 22.6 Å². The molecule has 1 amide bonds. The number of anilines is 1. The molecule has 1 N–H and O–H groups in total. The molecule has 0 atom stereocenters. The summed E-state index contributed by atoms with van der Waals surface area (Å²) in [6, 6.07) is 11.1. The van der Waals surface area contributed by atoms with Crippen LogP contribution in [0, 0.1) is 31.6 Å². The number of nitrogens with zero attached hydrogens (tertiary/aromatic N) is 3. The maximum absolute atomic E-state index is 12.7. The van der Waals surface area contributed by atoms with Gasteiger partial charge in [-0.25, -0.2) is 0 Å². The second-order valence-electron chi connectivity index (χ2n) is 7.31. The van der Waals surface area contributed by atoms with Crippen LogP contribution in [0.5, 0.6) is 11.5 Å². The van der Waals surface area contributed by atoms with Gasteiger partial charge >= 0.3 is 0 Å². The summed E-state index contributed by atoms with van der Waals surface area (Å²) in [4.78, 5) is 34.4. The Morgan fingerprint density at radius 3 is 2.24 bits per heavy atom. The number of carbonyl (C=O) groups excluding carboxylic acids is 1. The van der Waals surface area contributed by atoms with Crippen molar-refractivity contribution in [2.24, 2.45) is 0 Å². The van der Waals surface area contributed by atoms with Gasteiger partial charge in [-0.2, -0.15) is 5.26 Å². The molecule has 3 aromatic rings. The lowest BCUT2D eigenvalue weighted by Crippen LogP contribution is -2.11. The van der Waals surface area contributed by atoms with Gasteiger partial charge in [-0.3, -0.25) is 25.0 Å². The number of aryl methyl sites for hydroxylation is 1. The molecule has 0 unspecified atom stereocenters. The molecule has 1 heterocycles. The maximum Gasteiger partial charge on any atom is 0.280 e. The molecule has 0 saturated heterocycles. The quantitative estimate of drug-likeness (QED) is 0.381. The lowest BCUT2D eigenvalue weighted by atomic mass is 9.96. The van der Waals surface area contributed by atoms with Crippen LogP contribution in [0.4, 0.5) is 16.4 Å². The number of non-ortho nitro benzene ring substituents is 2. The molecule has 4 rings (SSSR count). The Kier molecular flexibility index (Phi) is 6.01. The first-order valence-electron chi connectivity index (χ1n) is 9.93. The standard InChI is InChI=1S/C22H16N4O6S/c23-12-19-18-3-1-2-4-20(18)33-22(19)24-21(27)13-5-7-16(8-6-13)32-17-10-14(25(28)29)9-15(11-17)26(30)31/h5-11H,1-4H2,(H,24,27). The topological polar surface area (TPSA) is 148 Å². The number of carbonyl (C=O) groups is 1. The van der Waals surface area contributed by atoms with E-state index in [1.54, 1.807) is 0 Å². The van der Waals surface area contributed by atoms with E-state index in [4.69, 9.17) is 4.74 Å². The minimum absolute atomic E-state index is 0.0732. The molecule has 0 spiro atoms. The lowest BCUT2D eigenvalue weighted by molar-refractivity contribution is -0.394. The number of thiophene rings is 1. The van der Waals surface area contributed by atoms with E-state index in [0.29, 0.717) is 16.1 Å². The van der Waals surface area contributed by atoms with E-state index in [1.165, 1.54) is 35.6 Å². The molecule has 166 valence electrons. The Morgan fingerprint density at radius 1 is 1.00 bits per heavy atom. The van der Waals surface area contributed by atoms with E-state index >= 15 is 0 Å². The molecule has 0 bridgehead atoms. The molecule has 1 aliphatic rings. The highest BCUT2D eigenvalue weighted by molar-refractivity contribution is 7.16. The fourth-order valence-electron chi connectivity index (χ4n) is 3.60. The van der Waals surface area contributed by atoms with Crippen LogP contribution in [0.25, 0.3) is 0 Å². The monoisotopic (exact) mass is 464 g/mol. The fourth-order valence-corrected chi connectivity index (χ4v) is 4.83. The number of rotatable bonds is 6. The highest BCUT2D eigenvalue weighted by Gasteiger charge is 2.22. The van der Waals surface area contributed by atoms with E-state index in [2.05, 4.69) is 11.4 Å². The molecule has 2 aromatic carbocycles. The molecular formula is C22H16N4O6S. The Labute approximate surface area is 191 Å². The van der Waals surface area contributed by atoms with E-state index < -0.39 is 21.2 Å². The van der Waals surface area contributed by atoms with E-state index in [0.717, 1.165) is 54.3 Å². The van der Waals surface area contributed by atoms with Gasteiger partial charge < -0.3 is 10.1 Å². The molecule has 0 aliphatic heterocycles. The van der Waals surface area contributed by atoms with Crippen molar-refractivity contribution >= 4 is 33.6 Å². The number of amides is 1. The van der Waals surface area contributed by atoms with Crippen LogP contribution in [-0.2, 0) is 12.8 Å². The maximum atomic E-state index is 12.7. The summed E-state index contributed by atoms with van der Waals surface area (Å²) >= 11 is 1.43. The average molecular weight is 464 g/mol. The zero-order valence-corrected chi connectivity index (χ0v) is 17.9. The van der Waals surface area contributed by atoms with Gasteiger partial charge in [0.15, 0.2) is 0 Å². The summed E-state index contributed by atoms with van der Waals surface area (Å²) in [6.07, 6.45) is 3.85. The van der Waals surface area contributed by atoms with Gasteiger partial charge in [-0.15, -0.1) is 11.3 Å². The van der Waals surface area contributed by atoms with Crippen LogP contribution in [-0.4, -0.2) is 15.8 Å². The molecule has 11 heteroatoms. The third-order valence-corrected chi connectivity index (χ3v) is 6.37. The lowest BCUT2D eigenvalue weighted by Gasteiger charge is -2.09. The number of ether oxygens (including phenoxy) is 1. The smallest absolute Gasteiger partial charge is 0.280 e. The summed E-state index contributed by atoms with van der Waals surface area (Å²) < 4.78 is 5.52. The van der Waals surface area contributed by atoms with Crippen molar-refractivity contribution in [1.82, 2.24) is 0 Å². The van der Waals surface area contributed by atoms with Crippen LogP contribution >= 0.6 is 11.3 Å². The Morgan fingerprint density at radius 2 is 1.64 bits per heavy atom. The normalized spacial score (nSPS) is 12.3. The summed E-state index contributed by atoms with van der Waals surface area (Å²) in [5.41, 5.74) is 0.932. The number of nitro benzene ring substituents is 2. The van der Waals surface area contributed by atoms with E-state index in [9.17, 15) is 30.3 Å². The van der Waals surface area contributed by atoms with Gasteiger partial charge in [0, 0.05) is 10.4 Å². The van der Waals surface area contributed by atoms with Crippen molar-refractivity contribution in [1.29, 1.82) is 5.26 Å². The number of fused-ring (bicyclic) bond motifs is 1. The van der Waals surface area contributed by atoms with Crippen LogP contribution in [0.2, 0.25) is 0 Å². The number of hydrogen-bond donors (Lipinski definition) is 1. The van der Waals surface area contributed by atoms with Crippen molar-refractivity contribution in [2.45, 2.75) is 25.7 Å². The van der Waals surface area contributed by atoms with Crippen LogP contribution in [0.3, 0.4) is 0 Å². The molecular weight excluding hydrogens is 448 g/mol. The third-order valence-electron chi connectivity index (χ3n) is 5.16. The van der Waals surface area contributed by atoms with Crippen molar-refractivity contribution in [3.8, 4) is 17.6 Å². The zero-order valence-electron chi connectivity index (χ0n) is 17.1. The summed E-state index contributed by atoms with van der Waals surface area (Å²) in [6.45, 7) is 0. The minimum atomic E-state index is -0.745. The van der Waals surface area contributed by atoms with Crippen molar-refractivity contribution in [3.63, 3.8) is 0 Å². The third kappa shape index (κ3) is 4.65. The van der Waals surface area contributed by atoms with Crippen molar-refractivity contribution < 1.29 is 19.4 Å². The SMILES string of the molecule is N#Cc1c(NC(=O)c2ccc(Oc3cc([N+](=O)[O-])cc([N+](=O)[O-])c3)cc2)sc2c1CCCC2. The molecule has 1 aliphatic carbocycles. The number of hydrogen-bond acceptors (Lipinski definition) is 8. The highest BCUT2D eigenvalue weighted by Crippen LogP contribution is 2.38. The van der Waals surface area contributed by atoms with Gasteiger partial charge in [0.25, 0.3) is 17.3 Å². The second kappa shape index (κ2) is 9.05. The molecule has 0 fully saturated rings. The first-order valence-corrected chi connectivity index (χ1v) is 10.7. The molecule has 33 heavy (non-hydrogen) atoms. The average Bonchev–Trinajstić information content (AvgIpc) is 3.16. The van der Waals surface area contributed by atoms with Gasteiger partial charge in [0.2, 0.25) is 0 Å². The van der Waals surface area contributed by atoms with Crippen LogP contribution < -0.4 is 10.1 Å². The Hall–Kier alpha value is -4.30. The van der Waals surface area contributed by atoms with Crippen LogP contribution in [0.1, 0.15) is 39.2 Å². The first-order chi connectivity index (χ1) is 15.9. The summed E-state index contributed by atoms with van der Waals surface area (Å²) in [5, 5.41) is 34.9. The number of nitrogens with one attached hydrogen (secondary N) is 1. The van der Waals surface area contributed by atoms with Crippen LogP contribution in [0.15, 0.2) is 42.5 Å². The minimum Gasteiger partial charge on any atom is -0.457 e. The Bertz CT molecular complexity index is 1280. The van der Waals surface area contributed by atoms with E-state index in [-0.39, 0.29) is 17.4 Å².